The van der Waals surface area contributed by atoms with Crippen molar-refractivity contribution in [2.24, 2.45) is 0 Å². The maximum Gasteiger partial charge on any atom is 0.237 e. The summed E-state index contributed by atoms with van der Waals surface area (Å²) in [5, 5.41) is 2.83. The third-order valence-corrected chi connectivity index (χ3v) is 5.76. The molecule has 1 atom stereocenters. The predicted octanol–water partition coefficient (Wildman–Crippen LogP) is 5.63. The Morgan fingerprint density at radius 1 is 0.931 bits per heavy atom. The molecule has 1 aliphatic heterocycles. The average molecular weight is 406 g/mol. The minimum Gasteiger partial charge on any atom is -0.490 e. The molecule has 0 spiro atoms. The van der Waals surface area contributed by atoms with Gasteiger partial charge < -0.3 is 14.8 Å². The number of carbonyl (C=O) groups is 1. The van der Waals surface area contributed by atoms with Crippen LogP contribution in [0.4, 0.5) is 5.69 Å². The van der Waals surface area contributed by atoms with Crippen LogP contribution in [-0.4, -0.2) is 24.4 Å². The normalized spacial score (nSPS) is 14.0. The Morgan fingerprint density at radius 2 is 1.66 bits per heavy atom. The Balaban J connectivity index is 1.47. The lowest BCUT2D eigenvalue weighted by Crippen LogP contribution is -2.22. The van der Waals surface area contributed by atoms with Gasteiger partial charge in [-0.05, 0) is 36.8 Å². The Labute approximate surface area is 175 Å². The number of hydrogen-bond donors (Lipinski definition) is 1. The van der Waals surface area contributed by atoms with E-state index in [1.807, 2.05) is 79.7 Å². The van der Waals surface area contributed by atoms with Gasteiger partial charge in [0.2, 0.25) is 5.91 Å². The minimum absolute atomic E-state index is 0.0366. The van der Waals surface area contributed by atoms with Gasteiger partial charge in [0.15, 0.2) is 11.5 Å². The van der Waals surface area contributed by atoms with E-state index in [1.165, 1.54) is 11.8 Å². The largest absolute Gasteiger partial charge is 0.490 e. The number of ether oxygens (including phenoxy) is 2. The average Bonchev–Trinajstić information content (AvgIpc) is 3.00. The molecule has 5 heteroatoms. The van der Waals surface area contributed by atoms with Crippen LogP contribution in [0.3, 0.4) is 0 Å². The molecule has 1 heterocycles. The summed E-state index contributed by atoms with van der Waals surface area (Å²) < 4.78 is 11.4. The standard InChI is InChI=1S/C24H23NO3S/c1-17(29-19-12-13-22-23(16-19)28-15-7-14-27-22)24(26)25-21-11-6-5-10-20(21)18-8-3-2-4-9-18/h2-6,8-13,16-17H,7,14-15H2,1H3,(H,25,26)/t17-/m1/s1. The first kappa shape index (κ1) is 19.4. The van der Waals surface area contributed by atoms with Gasteiger partial charge in [0, 0.05) is 22.6 Å². The summed E-state index contributed by atoms with van der Waals surface area (Å²) in [6, 6.07) is 23.8. The second-order valence-electron chi connectivity index (χ2n) is 6.82. The first-order chi connectivity index (χ1) is 14.2. The first-order valence-corrected chi connectivity index (χ1v) is 10.6. The molecule has 0 unspecified atom stereocenters. The molecule has 1 amide bonds. The number of hydrogen-bond acceptors (Lipinski definition) is 4. The van der Waals surface area contributed by atoms with Crippen LogP contribution in [0.2, 0.25) is 0 Å². The summed E-state index contributed by atoms with van der Waals surface area (Å²) in [6.45, 7) is 3.22. The van der Waals surface area contributed by atoms with Gasteiger partial charge in [0.25, 0.3) is 0 Å². The van der Waals surface area contributed by atoms with Gasteiger partial charge in [-0.3, -0.25) is 4.79 Å². The zero-order valence-corrected chi connectivity index (χ0v) is 17.1. The number of rotatable bonds is 5. The van der Waals surface area contributed by atoms with Gasteiger partial charge in [-0.1, -0.05) is 48.5 Å². The molecule has 0 radical (unpaired) electrons. The van der Waals surface area contributed by atoms with Crippen molar-refractivity contribution in [3.63, 3.8) is 0 Å². The second kappa shape index (κ2) is 9.05. The Hall–Kier alpha value is -2.92. The lowest BCUT2D eigenvalue weighted by atomic mass is 10.0. The van der Waals surface area contributed by atoms with Crippen LogP contribution < -0.4 is 14.8 Å². The van der Waals surface area contributed by atoms with E-state index in [9.17, 15) is 4.79 Å². The topological polar surface area (TPSA) is 47.6 Å². The summed E-state index contributed by atoms with van der Waals surface area (Å²) in [5.41, 5.74) is 2.90. The van der Waals surface area contributed by atoms with Crippen LogP contribution in [0.25, 0.3) is 11.1 Å². The van der Waals surface area contributed by atoms with Crippen molar-refractivity contribution in [3.05, 3.63) is 72.8 Å². The zero-order chi connectivity index (χ0) is 20.1. The van der Waals surface area contributed by atoms with E-state index >= 15 is 0 Å². The Morgan fingerprint density at radius 3 is 2.48 bits per heavy atom. The lowest BCUT2D eigenvalue weighted by molar-refractivity contribution is -0.115. The molecule has 148 valence electrons. The summed E-state index contributed by atoms with van der Waals surface area (Å²) >= 11 is 1.50. The van der Waals surface area contributed by atoms with Crippen molar-refractivity contribution >= 4 is 23.4 Å². The smallest absolute Gasteiger partial charge is 0.237 e. The van der Waals surface area contributed by atoms with E-state index in [2.05, 4.69) is 5.32 Å². The van der Waals surface area contributed by atoms with Crippen LogP contribution in [0, 0.1) is 0 Å². The predicted molar refractivity (Wildman–Crippen MR) is 118 cm³/mol. The van der Waals surface area contributed by atoms with E-state index in [1.54, 1.807) is 0 Å². The molecule has 0 saturated heterocycles. The number of fused-ring (bicyclic) bond motifs is 1. The number of amides is 1. The zero-order valence-electron chi connectivity index (χ0n) is 16.3. The highest BCUT2D eigenvalue weighted by Crippen LogP contribution is 2.36. The van der Waals surface area contributed by atoms with E-state index in [4.69, 9.17) is 9.47 Å². The molecule has 0 fully saturated rings. The third kappa shape index (κ3) is 4.74. The maximum absolute atomic E-state index is 12.9. The summed E-state index contributed by atoms with van der Waals surface area (Å²) in [5.74, 6) is 1.47. The molecule has 4 nitrogen and oxygen atoms in total. The van der Waals surface area contributed by atoms with E-state index in [0.717, 1.165) is 39.6 Å². The molecule has 1 aliphatic rings. The number of benzene rings is 3. The van der Waals surface area contributed by atoms with Crippen LogP contribution in [0.5, 0.6) is 11.5 Å². The fourth-order valence-corrected chi connectivity index (χ4v) is 4.07. The fraction of sp³-hybridized carbons (Fsp3) is 0.208. The van der Waals surface area contributed by atoms with E-state index < -0.39 is 0 Å². The minimum atomic E-state index is -0.261. The van der Waals surface area contributed by atoms with Crippen molar-refractivity contribution in [1.29, 1.82) is 0 Å². The maximum atomic E-state index is 12.9. The lowest BCUT2D eigenvalue weighted by Gasteiger charge is -2.16. The van der Waals surface area contributed by atoms with Crippen molar-refractivity contribution in [1.82, 2.24) is 0 Å². The third-order valence-electron chi connectivity index (χ3n) is 4.67. The van der Waals surface area contributed by atoms with E-state index in [0.29, 0.717) is 13.2 Å². The van der Waals surface area contributed by atoms with Crippen molar-refractivity contribution in [2.45, 2.75) is 23.5 Å². The molecular formula is C24H23NO3S. The molecule has 29 heavy (non-hydrogen) atoms. The van der Waals surface area contributed by atoms with Gasteiger partial charge in [0.1, 0.15) is 0 Å². The van der Waals surface area contributed by atoms with Gasteiger partial charge in [-0.2, -0.15) is 0 Å². The van der Waals surface area contributed by atoms with Crippen LogP contribution in [0.15, 0.2) is 77.7 Å². The van der Waals surface area contributed by atoms with Crippen LogP contribution >= 0.6 is 11.8 Å². The van der Waals surface area contributed by atoms with Gasteiger partial charge in [-0.15, -0.1) is 11.8 Å². The molecule has 0 saturated carbocycles. The fourth-order valence-electron chi connectivity index (χ4n) is 3.17. The highest BCUT2D eigenvalue weighted by molar-refractivity contribution is 8.00. The Kier molecular flexibility index (Phi) is 6.06. The molecule has 0 aliphatic carbocycles. The highest BCUT2D eigenvalue weighted by Gasteiger charge is 2.18. The number of anilines is 1. The molecule has 0 bridgehead atoms. The van der Waals surface area contributed by atoms with Crippen molar-refractivity contribution in [3.8, 4) is 22.6 Å². The monoisotopic (exact) mass is 405 g/mol. The Bertz CT molecular complexity index is 990. The van der Waals surface area contributed by atoms with Crippen molar-refractivity contribution in [2.75, 3.05) is 18.5 Å². The second-order valence-corrected chi connectivity index (χ2v) is 8.23. The van der Waals surface area contributed by atoms with Crippen molar-refractivity contribution < 1.29 is 14.3 Å². The van der Waals surface area contributed by atoms with Gasteiger partial charge in [0.05, 0.1) is 18.5 Å². The van der Waals surface area contributed by atoms with Gasteiger partial charge in [-0.25, -0.2) is 0 Å². The van der Waals surface area contributed by atoms with Gasteiger partial charge >= 0.3 is 0 Å². The number of carbonyl (C=O) groups excluding carboxylic acids is 1. The summed E-state index contributed by atoms with van der Waals surface area (Å²) in [4.78, 5) is 13.8. The molecule has 3 aromatic rings. The highest BCUT2D eigenvalue weighted by atomic mass is 32.2. The summed E-state index contributed by atoms with van der Waals surface area (Å²) in [7, 11) is 0. The van der Waals surface area contributed by atoms with Crippen LogP contribution in [0.1, 0.15) is 13.3 Å². The van der Waals surface area contributed by atoms with Crippen LogP contribution in [-0.2, 0) is 4.79 Å². The number of nitrogens with one attached hydrogen (secondary N) is 1. The first-order valence-electron chi connectivity index (χ1n) is 9.72. The number of thioether (sulfide) groups is 1. The molecule has 3 aromatic carbocycles. The SMILES string of the molecule is C[C@@H](Sc1ccc2c(c1)OCCCO2)C(=O)Nc1ccccc1-c1ccccc1. The summed E-state index contributed by atoms with van der Waals surface area (Å²) in [6.07, 6.45) is 0.872. The van der Waals surface area contributed by atoms with E-state index in [-0.39, 0.29) is 11.2 Å². The molecule has 4 rings (SSSR count). The molecular weight excluding hydrogens is 382 g/mol. The number of para-hydroxylation sites is 1. The quantitative estimate of drug-likeness (QED) is 0.559. The molecule has 0 aromatic heterocycles. The molecule has 1 N–H and O–H groups in total.